The number of alkyl halides is 3. The lowest BCUT2D eigenvalue weighted by Gasteiger charge is -2.35. The predicted octanol–water partition coefficient (Wildman–Crippen LogP) is 3.61. The summed E-state index contributed by atoms with van der Waals surface area (Å²) in [5, 5.41) is 0. The zero-order chi connectivity index (χ0) is 14.6. The smallest absolute Gasteiger partial charge is 0.369 e. The third-order valence-electron chi connectivity index (χ3n) is 3.18. The third kappa shape index (κ3) is 4.45. The van der Waals surface area contributed by atoms with Crippen molar-refractivity contribution in [3.05, 3.63) is 36.9 Å². The molecule has 0 aromatic heterocycles. The maximum atomic E-state index is 12.4. The van der Waals surface area contributed by atoms with Crippen LogP contribution < -0.4 is 4.90 Å². The van der Waals surface area contributed by atoms with Crippen LogP contribution in [-0.2, 0) is 0 Å². The highest BCUT2D eigenvalue weighted by Crippen LogP contribution is 2.38. The van der Waals surface area contributed by atoms with Gasteiger partial charge in [0.1, 0.15) is 0 Å². The number of nitrogens with zero attached hydrogens (tertiary/aromatic N) is 2. The van der Waals surface area contributed by atoms with E-state index in [2.05, 4.69) is 16.4 Å². The fourth-order valence-corrected chi connectivity index (χ4v) is 2.84. The molecule has 0 bridgehead atoms. The lowest BCUT2D eigenvalue weighted by molar-refractivity contribution is -0.0328. The summed E-state index contributed by atoms with van der Waals surface area (Å²) in [7, 11) is 0. The molecule has 0 amide bonds. The molecule has 1 aromatic rings. The molecule has 0 atom stereocenters. The van der Waals surface area contributed by atoms with Gasteiger partial charge in [-0.05, 0) is 30.0 Å². The Hall–Kier alpha value is -1.14. The number of piperazine rings is 1. The van der Waals surface area contributed by atoms with Gasteiger partial charge in [-0.3, -0.25) is 4.90 Å². The van der Waals surface area contributed by atoms with Crippen molar-refractivity contribution < 1.29 is 13.2 Å². The summed E-state index contributed by atoms with van der Waals surface area (Å²) in [5.74, 6) is 0. The molecule has 110 valence electrons. The van der Waals surface area contributed by atoms with E-state index in [1.54, 1.807) is 12.1 Å². The number of thioether (sulfide) groups is 1. The van der Waals surface area contributed by atoms with E-state index < -0.39 is 5.51 Å². The third-order valence-corrected chi connectivity index (χ3v) is 3.90. The van der Waals surface area contributed by atoms with Crippen LogP contribution in [-0.4, -0.2) is 43.1 Å². The molecule has 2 nitrogen and oxygen atoms in total. The van der Waals surface area contributed by atoms with Gasteiger partial charge >= 0.3 is 5.51 Å². The Labute approximate surface area is 121 Å². The van der Waals surface area contributed by atoms with E-state index in [-0.39, 0.29) is 16.7 Å². The van der Waals surface area contributed by atoms with Gasteiger partial charge in [0.2, 0.25) is 0 Å². The second-order valence-electron chi connectivity index (χ2n) is 4.62. The molecule has 0 unspecified atom stereocenters. The first kappa shape index (κ1) is 15.3. The fourth-order valence-electron chi connectivity index (χ4n) is 2.25. The van der Waals surface area contributed by atoms with E-state index in [0.29, 0.717) is 0 Å². The van der Waals surface area contributed by atoms with Crippen LogP contribution >= 0.6 is 11.8 Å². The van der Waals surface area contributed by atoms with Gasteiger partial charge in [0.25, 0.3) is 0 Å². The normalized spacial score (nSPS) is 17.2. The van der Waals surface area contributed by atoms with Crippen LogP contribution in [0.5, 0.6) is 0 Å². The average molecular weight is 302 g/mol. The highest BCUT2D eigenvalue weighted by molar-refractivity contribution is 8.00. The van der Waals surface area contributed by atoms with Crippen molar-refractivity contribution in [2.45, 2.75) is 10.4 Å². The van der Waals surface area contributed by atoms with Crippen molar-refractivity contribution in [3.63, 3.8) is 0 Å². The van der Waals surface area contributed by atoms with Gasteiger partial charge in [-0.2, -0.15) is 13.2 Å². The fraction of sp³-hybridized carbons (Fsp3) is 0.429. The molecule has 1 aromatic carbocycles. The van der Waals surface area contributed by atoms with E-state index in [4.69, 9.17) is 0 Å². The van der Waals surface area contributed by atoms with Crippen molar-refractivity contribution >= 4 is 17.4 Å². The first-order valence-corrected chi connectivity index (χ1v) is 7.23. The maximum absolute atomic E-state index is 12.4. The summed E-state index contributed by atoms with van der Waals surface area (Å²) in [5.41, 5.74) is -3.38. The monoisotopic (exact) mass is 302 g/mol. The molecular formula is C14H17F3N2S. The minimum Gasteiger partial charge on any atom is -0.369 e. The van der Waals surface area contributed by atoms with Crippen LogP contribution in [0, 0.1) is 0 Å². The van der Waals surface area contributed by atoms with E-state index in [1.807, 2.05) is 12.1 Å². The van der Waals surface area contributed by atoms with Crippen molar-refractivity contribution in [2.75, 3.05) is 37.6 Å². The number of anilines is 1. The van der Waals surface area contributed by atoms with E-state index in [9.17, 15) is 13.2 Å². The molecule has 1 fully saturated rings. The standard InChI is InChI=1S/C14H17F3N2S/c1-2-6-18-7-9-19(10-8-18)12-4-3-5-13(11-12)20-14(15,16)17/h2-5,11H,1,6-10H2. The minimum absolute atomic E-state index is 0.0628. The van der Waals surface area contributed by atoms with Gasteiger partial charge < -0.3 is 4.90 Å². The van der Waals surface area contributed by atoms with Gasteiger partial charge in [-0.15, -0.1) is 6.58 Å². The Morgan fingerprint density at radius 2 is 1.90 bits per heavy atom. The van der Waals surface area contributed by atoms with Gasteiger partial charge in [0.15, 0.2) is 0 Å². The van der Waals surface area contributed by atoms with Crippen LogP contribution in [0.4, 0.5) is 18.9 Å². The van der Waals surface area contributed by atoms with Gasteiger partial charge in [0.05, 0.1) is 0 Å². The topological polar surface area (TPSA) is 6.48 Å². The van der Waals surface area contributed by atoms with Gasteiger partial charge in [-0.25, -0.2) is 0 Å². The summed E-state index contributed by atoms with van der Waals surface area (Å²) in [6.45, 7) is 8.04. The first-order valence-electron chi connectivity index (χ1n) is 6.42. The Balaban J connectivity index is 1.99. The molecule has 0 aliphatic carbocycles. The Kier molecular flexibility index (Phi) is 4.99. The van der Waals surface area contributed by atoms with Crippen LogP contribution in [0.3, 0.4) is 0 Å². The molecule has 1 aliphatic heterocycles. The average Bonchev–Trinajstić information content (AvgIpc) is 2.38. The molecule has 0 saturated carbocycles. The maximum Gasteiger partial charge on any atom is 0.446 e. The summed E-state index contributed by atoms with van der Waals surface area (Å²) in [6.07, 6.45) is 1.87. The number of hydrogen-bond acceptors (Lipinski definition) is 3. The first-order chi connectivity index (χ1) is 9.48. The summed E-state index contributed by atoms with van der Waals surface area (Å²) in [4.78, 5) is 4.64. The lowest BCUT2D eigenvalue weighted by Crippen LogP contribution is -2.46. The Morgan fingerprint density at radius 3 is 2.50 bits per heavy atom. The largest absolute Gasteiger partial charge is 0.446 e. The van der Waals surface area contributed by atoms with Crippen LogP contribution in [0.15, 0.2) is 41.8 Å². The van der Waals surface area contributed by atoms with Gasteiger partial charge in [0, 0.05) is 43.3 Å². The van der Waals surface area contributed by atoms with E-state index in [1.165, 1.54) is 6.07 Å². The molecular weight excluding hydrogens is 285 g/mol. The predicted molar refractivity (Wildman–Crippen MR) is 77.2 cm³/mol. The SMILES string of the molecule is C=CCN1CCN(c2cccc(SC(F)(F)F)c2)CC1. The van der Waals surface area contributed by atoms with E-state index >= 15 is 0 Å². The molecule has 2 rings (SSSR count). The lowest BCUT2D eigenvalue weighted by atomic mass is 10.2. The quantitative estimate of drug-likeness (QED) is 0.620. The number of halogens is 3. The van der Waals surface area contributed by atoms with Crippen molar-refractivity contribution in [3.8, 4) is 0 Å². The van der Waals surface area contributed by atoms with Gasteiger partial charge in [-0.1, -0.05) is 12.1 Å². The van der Waals surface area contributed by atoms with Crippen LogP contribution in [0.25, 0.3) is 0 Å². The minimum atomic E-state index is -4.23. The molecule has 1 heterocycles. The summed E-state index contributed by atoms with van der Waals surface area (Å²) < 4.78 is 37.2. The van der Waals surface area contributed by atoms with Crippen LogP contribution in [0.1, 0.15) is 0 Å². The second kappa shape index (κ2) is 6.54. The molecule has 0 spiro atoms. The molecule has 6 heteroatoms. The van der Waals surface area contributed by atoms with Crippen molar-refractivity contribution in [1.82, 2.24) is 4.90 Å². The molecule has 20 heavy (non-hydrogen) atoms. The van der Waals surface area contributed by atoms with E-state index in [0.717, 1.165) is 38.4 Å². The molecule has 0 N–H and O–H groups in total. The Bertz CT molecular complexity index is 454. The highest BCUT2D eigenvalue weighted by atomic mass is 32.2. The molecule has 1 aliphatic rings. The molecule has 1 saturated heterocycles. The Morgan fingerprint density at radius 1 is 1.20 bits per heavy atom. The van der Waals surface area contributed by atoms with Crippen LogP contribution in [0.2, 0.25) is 0 Å². The summed E-state index contributed by atoms with van der Waals surface area (Å²) >= 11 is -0.0628. The number of hydrogen-bond donors (Lipinski definition) is 0. The zero-order valence-electron chi connectivity index (χ0n) is 11.1. The summed E-state index contributed by atoms with van der Waals surface area (Å²) in [6, 6.07) is 6.65. The molecule has 0 radical (unpaired) electrons. The van der Waals surface area contributed by atoms with Crippen molar-refractivity contribution in [1.29, 1.82) is 0 Å². The second-order valence-corrected chi connectivity index (χ2v) is 5.76. The zero-order valence-corrected chi connectivity index (χ0v) is 11.9. The number of rotatable bonds is 4. The number of benzene rings is 1. The highest BCUT2D eigenvalue weighted by Gasteiger charge is 2.29. The van der Waals surface area contributed by atoms with Crippen molar-refractivity contribution in [2.24, 2.45) is 0 Å².